The normalized spacial score (nSPS) is 17.1. The molecule has 0 atom stereocenters. The summed E-state index contributed by atoms with van der Waals surface area (Å²) in [5.41, 5.74) is -0.474. The van der Waals surface area contributed by atoms with E-state index in [1.807, 2.05) is 20.8 Å². The fraction of sp³-hybridized carbons (Fsp3) is 0.692. The van der Waals surface area contributed by atoms with Crippen molar-refractivity contribution in [2.24, 2.45) is 0 Å². The highest BCUT2D eigenvalue weighted by atomic mass is 16.6. The minimum atomic E-state index is -0.474. The monoisotopic (exact) mass is 280 g/mol. The van der Waals surface area contributed by atoms with Crippen LogP contribution in [0.4, 0.5) is 4.79 Å². The van der Waals surface area contributed by atoms with Gasteiger partial charge < -0.3 is 9.64 Å². The molecule has 0 saturated carbocycles. The summed E-state index contributed by atoms with van der Waals surface area (Å²) in [5, 5.41) is 4.08. The summed E-state index contributed by atoms with van der Waals surface area (Å²) in [6.07, 6.45) is 3.48. The molecule has 1 aliphatic rings. The molecule has 0 bridgehead atoms. The quantitative estimate of drug-likeness (QED) is 0.770. The van der Waals surface area contributed by atoms with Gasteiger partial charge in [-0.05, 0) is 33.6 Å². The molecule has 1 aromatic rings. The predicted octanol–water partition coefficient (Wildman–Crippen LogP) is 1.66. The van der Waals surface area contributed by atoms with Gasteiger partial charge in [0, 0.05) is 13.1 Å². The molecule has 0 spiro atoms. The summed E-state index contributed by atoms with van der Waals surface area (Å²) < 4.78 is 7.05. The van der Waals surface area contributed by atoms with Crippen LogP contribution in [0.15, 0.2) is 6.33 Å². The largest absolute Gasteiger partial charge is 0.444 e. The zero-order chi connectivity index (χ0) is 14.8. The van der Waals surface area contributed by atoms with Crippen molar-refractivity contribution in [3.05, 3.63) is 12.2 Å². The second-order valence-corrected chi connectivity index (χ2v) is 5.90. The summed E-state index contributed by atoms with van der Waals surface area (Å²) in [6.45, 7) is 6.81. The molecule has 1 saturated heterocycles. The summed E-state index contributed by atoms with van der Waals surface area (Å²) in [4.78, 5) is 28.1. The number of amides is 1. The molecule has 0 aliphatic carbocycles. The summed E-state index contributed by atoms with van der Waals surface area (Å²) in [7, 11) is 0. The molecular weight excluding hydrogens is 260 g/mol. The maximum absolute atomic E-state index is 11.9. The summed E-state index contributed by atoms with van der Waals surface area (Å²) in [6, 6.07) is 0.176. The first-order chi connectivity index (χ1) is 9.39. The predicted molar refractivity (Wildman–Crippen MR) is 71.5 cm³/mol. The van der Waals surface area contributed by atoms with Crippen molar-refractivity contribution in [2.75, 3.05) is 13.1 Å². The third kappa shape index (κ3) is 3.55. The SMILES string of the molecule is CC(C)(C)OC(=O)N1CCC(n2cnc(C=O)n2)CC1. The second-order valence-electron chi connectivity index (χ2n) is 5.90. The van der Waals surface area contributed by atoms with E-state index in [-0.39, 0.29) is 18.0 Å². The number of rotatable bonds is 2. The minimum absolute atomic E-state index is 0.176. The number of carbonyl (C=O) groups excluding carboxylic acids is 2. The van der Waals surface area contributed by atoms with Crippen LogP contribution in [0.25, 0.3) is 0 Å². The number of aromatic nitrogens is 3. The van der Waals surface area contributed by atoms with Gasteiger partial charge in [0.05, 0.1) is 6.04 Å². The summed E-state index contributed by atoms with van der Waals surface area (Å²) >= 11 is 0. The van der Waals surface area contributed by atoms with Crippen LogP contribution in [0.1, 0.15) is 50.3 Å². The zero-order valence-electron chi connectivity index (χ0n) is 12.1. The topological polar surface area (TPSA) is 77.3 Å². The van der Waals surface area contributed by atoms with Crippen LogP contribution >= 0.6 is 0 Å². The molecule has 1 fully saturated rings. The van der Waals surface area contributed by atoms with Gasteiger partial charge in [-0.1, -0.05) is 0 Å². The number of carbonyl (C=O) groups is 2. The lowest BCUT2D eigenvalue weighted by Crippen LogP contribution is -2.42. The Balaban J connectivity index is 1.89. The third-order valence-electron chi connectivity index (χ3n) is 3.12. The van der Waals surface area contributed by atoms with E-state index in [1.54, 1.807) is 15.9 Å². The number of aldehydes is 1. The van der Waals surface area contributed by atoms with Gasteiger partial charge in [-0.15, -0.1) is 5.10 Å². The molecule has 0 aromatic carbocycles. The Labute approximate surface area is 117 Å². The maximum Gasteiger partial charge on any atom is 0.410 e. The number of nitrogens with zero attached hydrogens (tertiary/aromatic N) is 4. The number of hydrogen-bond donors (Lipinski definition) is 0. The van der Waals surface area contributed by atoms with Crippen LogP contribution in [0, 0.1) is 0 Å². The Morgan fingerprint density at radius 2 is 2.05 bits per heavy atom. The second kappa shape index (κ2) is 5.60. The molecule has 1 aromatic heterocycles. The number of hydrogen-bond acceptors (Lipinski definition) is 5. The first-order valence-electron chi connectivity index (χ1n) is 6.73. The standard InChI is InChI=1S/C13H20N4O3/c1-13(2,3)20-12(19)16-6-4-10(5-7-16)17-9-14-11(8-18)15-17/h8-10H,4-7H2,1-3H3. The lowest BCUT2D eigenvalue weighted by atomic mass is 10.1. The van der Waals surface area contributed by atoms with E-state index < -0.39 is 5.60 Å². The van der Waals surface area contributed by atoms with Crippen molar-refractivity contribution in [3.8, 4) is 0 Å². The van der Waals surface area contributed by atoms with Gasteiger partial charge in [-0.2, -0.15) is 0 Å². The first-order valence-corrected chi connectivity index (χ1v) is 6.73. The fourth-order valence-corrected chi connectivity index (χ4v) is 2.16. The number of piperidine rings is 1. The molecule has 2 heterocycles. The van der Waals surface area contributed by atoms with Crippen LogP contribution in [-0.2, 0) is 4.74 Å². The average Bonchev–Trinajstić information content (AvgIpc) is 2.85. The molecule has 0 N–H and O–H groups in total. The van der Waals surface area contributed by atoms with E-state index in [1.165, 1.54) is 0 Å². The minimum Gasteiger partial charge on any atom is -0.444 e. The van der Waals surface area contributed by atoms with Crippen molar-refractivity contribution in [3.63, 3.8) is 0 Å². The molecule has 7 heteroatoms. The molecule has 1 amide bonds. The summed E-state index contributed by atoms with van der Waals surface area (Å²) in [5.74, 6) is 0.194. The molecule has 7 nitrogen and oxygen atoms in total. The maximum atomic E-state index is 11.9. The van der Waals surface area contributed by atoms with Crippen LogP contribution in [0.2, 0.25) is 0 Å². The number of ether oxygens (including phenoxy) is 1. The molecule has 0 unspecified atom stereocenters. The molecule has 20 heavy (non-hydrogen) atoms. The Morgan fingerprint density at radius 3 is 2.55 bits per heavy atom. The van der Waals surface area contributed by atoms with Crippen LogP contribution < -0.4 is 0 Å². The van der Waals surface area contributed by atoms with Gasteiger partial charge in [0.15, 0.2) is 6.29 Å². The van der Waals surface area contributed by atoms with Crippen LogP contribution in [0.5, 0.6) is 0 Å². The van der Waals surface area contributed by atoms with Gasteiger partial charge in [0.2, 0.25) is 5.82 Å². The van der Waals surface area contributed by atoms with Crippen LogP contribution in [0.3, 0.4) is 0 Å². The smallest absolute Gasteiger partial charge is 0.410 e. The third-order valence-corrected chi connectivity index (χ3v) is 3.12. The van der Waals surface area contributed by atoms with E-state index in [2.05, 4.69) is 10.1 Å². The van der Waals surface area contributed by atoms with Gasteiger partial charge in [0.1, 0.15) is 11.9 Å². The van der Waals surface area contributed by atoms with E-state index in [4.69, 9.17) is 4.74 Å². The molecule has 110 valence electrons. The van der Waals surface area contributed by atoms with Crippen molar-refractivity contribution < 1.29 is 14.3 Å². The van der Waals surface area contributed by atoms with Crippen molar-refractivity contribution >= 4 is 12.4 Å². The van der Waals surface area contributed by atoms with E-state index in [0.29, 0.717) is 19.4 Å². The molecule has 1 aliphatic heterocycles. The van der Waals surface area contributed by atoms with Gasteiger partial charge >= 0.3 is 6.09 Å². The molecule has 2 rings (SSSR count). The van der Waals surface area contributed by atoms with Crippen molar-refractivity contribution in [1.82, 2.24) is 19.7 Å². The Bertz CT molecular complexity index is 484. The van der Waals surface area contributed by atoms with Gasteiger partial charge in [-0.25, -0.2) is 14.5 Å². The highest BCUT2D eigenvalue weighted by molar-refractivity contribution is 5.68. The van der Waals surface area contributed by atoms with E-state index >= 15 is 0 Å². The van der Waals surface area contributed by atoms with Crippen molar-refractivity contribution in [1.29, 1.82) is 0 Å². The highest BCUT2D eigenvalue weighted by Crippen LogP contribution is 2.22. The fourth-order valence-electron chi connectivity index (χ4n) is 2.16. The lowest BCUT2D eigenvalue weighted by Gasteiger charge is -2.33. The van der Waals surface area contributed by atoms with E-state index in [9.17, 15) is 9.59 Å². The molecule has 0 radical (unpaired) electrons. The van der Waals surface area contributed by atoms with Gasteiger partial charge in [-0.3, -0.25) is 4.79 Å². The highest BCUT2D eigenvalue weighted by Gasteiger charge is 2.27. The average molecular weight is 280 g/mol. The van der Waals surface area contributed by atoms with Gasteiger partial charge in [0.25, 0.3) is 0 Å². The van der Waals surface area contributed by atoms with E-state index in [0.717, 1.165) is 12.8 Å². The number of likely N-dealkylation sites (tertiary alicyclic amines) is 1. The van der Waals surface area contributed by atoms with Crippen molar-refractivity contribution in [2.45, 2.75) is 45.3 Å². The Hall–Kier alpha value is -1.92. The van der Waals surface area contributed by atoms with Crippen LogP contribution in [-0.4, -0.2) is 50.7 Å². The first kappa shape index (κ1) is 14.5. The Morgan fingerprint density at radius 1 is 1.40 bits per heavy atom. The Kier molecular flexibility index (Phi) is 4.06. The lowest BCUT2D eigenvalue weighted by molar-refractivity contribution is 0.0184. The zero-order valence-corrected chi connectivity index (χ0v) is 12.1. The molecular formula is C13H20N4O3.